The molecule has 4 nitrogen and oxygen atoms in total. The third kappa shape index (κ3) is 2.48. The van der Waals surface area contributed by atoms with Crippen LogP contribution in [0.5, 0.6) is 0 Å². The predicted molar refractivity (Wildman–Crippen MR) is 69.4 cm³/mol. The summed E-state index contributed by atoms with van der Waals surface area (Å²) in [4.78, 5) is 0. The van der Waals surface area contributed by atoms with Crippen molar-refractivity contribution in [2.24, 2.45) is 7.05 Å². The number of aryl methyl sites for hydroxylation is 4. The van der Waals surface area contributed by atoms with Gasteiger partial charge >= 0.3 is 0 Å². The first-order valence-corrected chi connectivity index (χ1v) is 6.21. The number of nitrogens with zero attached hydrogens (tertiary/aromatic N) is 2. The third-order valence-electron chi connectivity index (χ3n) is 3.42. The molecular formula is C14H20N2O2. The summed E-state index contributed by atoms with van der Waals surface area (Å²) in [7, 11) is 1.90. The van der Waals surface area contributed by atoms with Crippen molar-refractivity contribution >= 4 is 0 Å². The first-order valence-electron chi connectivity index (χ1n) is 6.21. The predicted octanol–water partition coefficient (Wildman–Crippen LogP) is 2.60. The van der Waals surface area contributed by atoms with Gasteiger partial charge in [0, 0.05) is 18.8 Å². The molecule has 0 aliphatic heterocycles. The normalized spacial score (nSPS) is 12.9. The summed E-state index contributed by atoms with van der Waals surface area (Å²) in [5.74, 6) is 1.71. The largest absolute Gasteiger partial charge is 0.466 e. The molecule has 0 saturated carbocycles. The number of rotatable bonds is 4. The Morgan fingerprint density at radius 3 is 2.56 bits per heavy atom. The molecular weight excluding hydrogens is 228 g/mol. The third-order valence-corrected chi connectivity index (χ3v) is 3.42. The van der Waals surface area contributed by atoms with Crippen LogP contribution in [0.4, 0.5) is 0 Å². The highest BCUT2D eigenvalue weighted by Crippen LogP contribution is 2.29. The van der Waals surface area contributed by atoms with Crippen LogP contribution in [0.25, 0.3) is 0 Å². The Morgan fingerprint density at radius 2 is 2.06 bits per heavy atom. The summed E-state index contributed by atoms with van der Waals surface area (Å²) in [6.07, 6.45) is 4.85. The molecule has 0 bridgehead atoms. The van der Waals surface area contributed by atoms with E-state index in [0.717, 1.165) is 34.6 Å². The monoisotopic (exact) mass is 248 g/mol. The van der Waals surface area contributed by atoms with Gasteiger partial charge in [-0.3, -0.25) is 4.68 Å². The molecule has 2 heterocycles. The van der Waals surface area contributed by atoms with E-state index >= 15 is 0 Å². The summed E-state index contributed by atoms with van der Waals surface area (Å²) >= 11 is 0. The summed E-state index contributed by atoms with van der Waals surface area (Å²) in [6, 6.07) is 0. The van der Waals surface area contributed by atoms with Crippen molar-refractivity contribution in [1.29, 1.82) is 0 Å². The van der Waals surface area contributed by atoms with Gasteiger partial charge in [0.2, 0.25) is 0 Å². The van der Waals surface area contributed by atoms with Gasteiger partial charge in [-0.05, 0) is 44.7 Å². The lowest BCUT2D eigenvalue weighted by atomic mass is 9.99. The molecule has 1 unspecified atom stereocenters. The number of hydrogen-bond donors (Lipinski definition) is 1. The second kappa shape index (κ2) is 4.98. The maximum atomic E-state index is 10.3. The lowest BCUT2D eigenvalue weighted by Crippen LogP contribution is -2.01. The summed E-state index contributed by atoms with van der Waals surface area (Å²) in [5, 5.41) is 14.4. The van der Waals surface area contributed by atoms with E-state index in [1.54, 1.807) is 4.68 Å². The van der Waals surface area contributed by atoms with E-state index in [1.807, 2.05) is 40.2 Å². The van der Waals surface area contributed by atoms with Crippen molar-refractivity contribution < 1.29 is 9.52 Å². The van der Waals surface area contributed by atoms with Gasteiger partial charge in [0.05, 0.1) is 12.3 Å². The highest BCUT2D eigenvalue weighted by Gasteiger charge is 2.18. The maximum absolute atomic E-state index is 10.3. The molecule has 2 rings (SSSR count). The molecule has 2 aromatic heterocycles. The van der Waals surface area contributed by atoms with Crippen molar-refractivity contribution in [2.75, 3.05) is 0 Å². The van der Waals surface area contributed by atoms with Crippen LogP contribution in [0.15, 0.2) is 16.8 Å². The van der Waals surface area contributed by atoms with E-state index in [0.29, 0.717) is 6.42 Å². The van der Waals surface area contributed by atoms with Crippen molar-refractivity contribution in [3.05, 3.63) is 40.6 Å². The summed E-state index contributed by atoms with van der Waals surface area (Å²) in [6.45, 7) is 5.83. The summed E-state index contributed by atoms with van der Waals surface area (Å²) in [5.41, 5.74) is 3.15. The quantitative estimate of drug-likeness (QED) is 0.904. The van der Waals surface area contributed by atoms with Crippen LogP contribution in [0, 0.1) is 20.8 Å². The van der Waals surface area contributed by atoms with Crippen LogP contribution >= 0.6 is 0 Å². The van der Waals surface area contributed by atoms with Crippen molar-refractivity contribution in [1.82, 2.24) is 9.78 Å². The molecule has 0 fully saturated rings. The minimum absolute atomic E-state index is 0.470. The topological polar surface area (TPSA) is 51.2 Å². The average molecular weight is 248 g/mol. The minimum atomic E-state index is -0.470. The number of aliphatic hydroxyl groups is 1. The number of aromatic nitrogens is 2. The van der Waals surface area contributed by atoms with Crippen molar-refractivity contribution in [3.63, 3.8) is 0 Å². The molecule has 98 valence electrons. The lowest BCUT2D eigenvalue weighted by Gasteiger charge is -2.10. The molecule has 0 aromatic carbocycles. The zero-order chi connectivity index (χ0) is 13.3. The molecule has 0 aliphatic rings. The number of aliphatic hydroxyl groups excluding tert-OH is 1. The Kier molecular flexibility index (Phi) is 3.57. The van der Waals surface area contributed by atoms with Gasteiger partial charge in [-0.1, -0.05) is 0 Å². The summed E-state index contributed by atoms with van der Waals surface area (Å²) < 4.78 is 7.32. The van der Waals surface area contributed by atoms with Gasteiger partial charge in [0.1, 0.15) is 11.5 Å². The van der Waals surface area contributed by atoms with Crippen molar-refractivity contribution in [3.8, 4) is 0 Å². The second-order valence-electron chi connectivity index (χ2n) is 4.83. The van der Waals surface area contributed by atoms with Gasteiger partial charge in [-0.25, -0.2) is 0 Å². The molecule has 0 aliphatic carbocycles. The van der Waals surface area contributed by atoms with Crippen LogP contribution in [0.3, 0.4) is 0 Å². The van der Waals surface area contributed by atoms with Gasteiger partial charge in [0.15, 0.2) is 0 Å². The first-order chi connectivity index (χ1) is 8.49. The molecule has 0 saturated heterocycles. The van der Waals surface area contributed by atoms with E-state index < -0.39 is 6.10 Å². The molecule has 0 radical (unpaired) electrons. The van der Waals surface area contributed by atoms with Gasteiger partial charge in [-0.2, -0.15) is 5.10 Å². The van der Waals surface area contributed by atoms with E-state index in [9.17, 15) is 5.11 Å². The fourth-order valence-electron chi connectivity index (χ4n) is 2.35. The fraction of sp³-hybridized carbons (Fsp3) is 0.500. The number of hydrogen-bond acceptors (Lipinski definition) is 3. The van der Waals surface area contributed by atoms with E-state index in [4.69, 9.17) is 4.42 Å². The highest BCUT2D eigenvalue weighted by molar-refractivity contribution is 5.33. The highest BCUT2D eigenvalue weighted by atomic mass is 16.3. The van der Waals surface area contributed by atoms with Crippen LogP contribution in [-0.2, 0) is 13.5 Å². The van der Waals surface area contributed by atoms with E-state index in [2.05, 4.69) is 5.10 Å². The molecule has 4 heteroatoms. The molecule has 1 N–H and O–H groups in total. The zero-order valence-corrected chi connectivity index (χ0v) is 11.4. The standard InChI is InChI=1S/C14H20N2O2/c1-9-10(2)18-11(3)14(9)13(17)6-5-12-7-15-16(4)8-12/h7-8,13,17H,5-6H2,1-4H3. The fourth-order valence-corrected chi connectivity index (χ4v) is 2.35. The van der Waals surface area contributed by atoms with Crippen LogP contribution in [-0.4, -0.2) is 14.9 Å². The zero-order valence-electron chi connectivity index (χ0n) is 11.4. The molecule has 2 aromatic rings. The van der Waals surface area contributed by atoms with E-state index in [-0.39, 0.29) is 0 Å². The Hall–Kier alpha value is -1.55. The van der Waals surface area contributed by atoms with Crippen LogP contribution < -0.4 is 0 Å². The van der Waals surface area contributed by atoms with Crippen LogP contribution in [0.2, 0.25) is 0 Å². The van der Waals surface area contributed by atoms with E-state index in [1.165, 1.54) is 0 Å². The maximum Gasteiger partial charge on any atom is 0.107 e. The first kappa shape index (κ1) is 12.9. The SMILES string of the molecule is Cc1oc(C)c(C(O)CCc2cnn(C)c2)c1C. The number of furan rings is 1. The van der Waals surface area contributed by atoms with Gasteiger partial charge < -0.3 is 9.52 Å². The lowest BCUT2D eigenvalue weighted by molar-refractivity contribution is 0.165. The Bertz CT molecular complexity index is 540. The van der Waals surface area contributed by atoms with Crippen molar-refractivity contribution in [2.45, 2.75) is 39.7 Å². The van der Waals surface area contributed by atoms with Crippen LogP contribution in [0.1, 0.15) is 40.7 Å². The van der Waals surface area contributed by atoms with Gasteiger partial charge in [-0.15, -0.1) is 0 Å². The minimum Gasteiger partial charge on any atom is -0.466 e. The second-order valence-corrected chi connectivity index (χ2v) is 4.83. The molecule has 18 heavy (non-hydrogen) atoms. The Balaban J connectivity index is 2.05. The Labute approximate surface area is 107 Å². The average Bonchev–Trinajstić information content (AvgIpc) is 2.82. The smallest absolute Gasteiger partial charge is 0.107 e. The Morgan fingerprint density at radius 1 is 1.33 bits per heavy atom. The molecule has 0 spiro atoms. The molecule has 1 atom stereocenters. The molecule has 0 amide bonds. The van der Waals surface area contributed by atoms with Gasteiger partial charge in [0.25, 0.3) is 0 Å².